The number of aromatic nitrogens is 2. The molecule has 0 bridgehead atoms. The summed E-state index contributed by atoms with van der Waals surface area (Å²) >= 11 is 6.10. The molecular formula is C20H22ClN3O2. The van der Waals surface area contributed by atoms with Gasteiger partial charge in [-0.3, -0.25) is 4.79 Å². The van der Waals surface area contributed by atoms with Crippen LogP contribution in [0.3, 0.4) is 0 Å². The Morgan fingerprint density at radius 1 is 1.27 bits per heavy atom. The maximum absolute atomic E-state index is 12.8. The number of carbonyl (C=O) groups excluding carboxylic acids is 1. The lowest BCUT2D eigenvalue weighted by Crippen LogP contribution is -2.34. The van der Waals surface area contributed by atoms with Crippen LogP contribution in [0.2, 0.25) is 5.02 Å². The van der Waals surface area contributed by atoms with Crippen molar-refractivity contribution < 1.29 is 9.21 Å². The summed E-state index contributed by atoms with van der Waals surface area (Å²) in [5.74, 6) is 0.829. The number of hydrogen-bond acceptors (Lipinski definition) is 3. The normalized spacial score (nSPS) is 12.3. The molecule has 0 fully saturated rings. The molecule has 1 amide bonds. The summed E-state index contributed by atoms with van der Waals surface area (Å²) in [7, 11) is 0. The molecule has 2 aromatic heterocycles. The van der Waals surface area contributed by atoms with E-state index in [0.717, 1.165) is 17.1 Å². The van der Waals surface area contributed by atoms with E-state index in [1.54, 1.807) is 17.1 Å². The highest BCUT2D eigenvalue weighted by Gasteiger charge is 2.22. The second-order valence-electron chi connectivity index (χ2n) is 6.65. The van der Waals surface area contributed by atoms with Gasteiger partial charge >= 0.3 is 0 Å². The zero-order valence-corrected chi connectivity index (χ0v) is 15.8. The van der Waals surface area contributed by atoms with Crippen LogP contribution in [0.15, 0.2) is 53.3 Å². The molecule has 0 saturated heterocycles. The van der Waals surface area contributed by atoms with Crippen molar-refractivity contribution >= 4 is 17.5 Å². The van der Waals surface area contributed by atoms with Gasteiger partial charge in [0.2, 0.25) is 0 Å². The second-order valence-corrected chi connectivity index (χ2v) is 7.08. The Kier molecular flexibility index (Phi) is 5.47. The predicted octanol–water partition coefficient (Wildman–Crippen LogP) is 4.60. The van der Waals surface area contributed by atoms with Crippen molar-refractivity contribution in [2.45, 2.75) is 39.2 Å². The Hall–Kier alpha value is -2.53. The van der Waals surface area contributed by atoms with Gasteiger partial charge in [0.15, 0.2) is 0 Å². The Morgan fingerprint density at radius 2 is 2.08 bits per heavy atom. The van der Waals surface area contributed by atoms with E-state index in [2.05, 4.69) is 10.4 Å². The van der Waals surface area contributed by atoms with Crippen LogP contribution >= 0.6 is 11.6 Å². The summed E-state index contributed by atoms with van der Waals surface area (Å²) in [6.07, 6.45) is 3.89. The number of nitrogens with zero attached hydrogens (tertiary/aromatic N) is 2. The summed E-state index contributed by atoms with van der Waals surface area (Å²) in [5, 5.41) is 8.09. The minimum Gasteiger partial charge on any atom is -0.469 e. The van der Waals surface area contributed by atoms with E-state index >= 15 is 0 Å². The van der Waals surface area contributed by atoms with Gasteiger partial charge in [0, 0.05) is 17.5 Å². The fourth-order valence-electron chi connectivity index (χ4n) is 2.99. The highest BCUT2D eigenvalue weighted by molar-refractivity contribution is 6.30. The van der Waals surface area contributed by atoms with Gasteiger partial charge < -0.3 is 9.73 Å². The summed E-state index contributed by atoms with van der Waals surface area (Å²) < 4.78 is 7.13. The molecule has 5 nitrogen and oxygen atoms in total. The molecule has 3 rings (SSSR count). The highest BCUT2D eigenvalue weighted by atomic mass is 35.5. The minimum atomic E-state index is -0.138. The lowest BCUT2D eigenvalue weighted by molar-refractivity contribution is 0.0938. The Bertz CT molecular complexity index is 884. The van der Waals surface area contributed by atoms with E-state index in [1.807, 2.05) is 57.2 Å². The summed E-state index contributed by atoms with van der Waals surface area (Å²) in [4.78, 5) is 12.8. The first kappa shape index (κ1) is 18.3. The number of furan rings is 1. The third kappa shape index (κ3) is 3.99. The maximum atomic E-state index is 12.8. The largest absolute Gasteiger partial charge is 0.469 e. The van der Waals surface area contributed by atoms with E-state index in [4.69, 9.17) is 16.0 Å². The predicted molar refractivity (Wildman–Crippen MR) is 102 cm³/mol. The van der Waals surface area contributed by atoms with E-state index in [0.29, 0.717) is 17.0 Å². The quantitative estimate of drug-likeness (QED) is 0.688. The number of nitrogens with one attached hydrogen (secondary N) is 1. The Morgan fingerprint density at radius 3 is 2.73 bits per heavy atom. The van der Waals surface area contributed by atoms with Gasteiger partial charge in [-0.2, -0.15) is 5.10 Å². The van der Waals surface area contributed by atoms with E-state index in [1.165, 1.54) is 0 Å². The van der Waals surface area contributed by atoms with Crippen LogP contribution < -0.4 is 5.32 Å². The van der Waals surface area contributed by atoms with Crippen LogP contribution in [0.5, 0.6) is 0 Å². The number of rotatable bonds is 6. The van der Waals surface area contributed by atoms with Gasteiger partial charge in [-0.15, -0.1) is 0 Å². The molecule has 0 radical (unpaired) electrons. The topological polar surface area (TPSA) is 60.1 Å². The molecule has 2 heterocycles. The van der Waals surface area contributed by atoms with Crippen LogP contribution in [0.4, 0.5) is 0 Å². The van der Waals surface area contributed by atoms with Gasteiger partial charge in [0.25, 0.3) is 5.91 Å². The Labute approximate surface area is 158 Å². The average molecular weight is 372 g/mol. The average Bonchev–Trinajstić information content (AvgIpc) is 3.23. The molecule has 1 unspecified atom stereocenters. The van der Waals surface area contributed by atoms with E-state index in [-0.39, 0.29) is 17.9 Å². The fourth-order valence-corrected chi connectivity index (χ4v) is 3.17. The maximum Gasteiger partial charge on any atom is 0.255 e. The zero-order valence-electron chi connectivity index (χ0n) is 15.1. The van der Waals surface area contributed by atoms with Crippen LogP contribution in [0, 0.1) is 0 Å². The number of amides is 1. The third-order valence-corrected chi connectivity index (χ3v) is 4.35. The molecule has 0 aliphatic carbocycles. The van der Waals surface area contributed by atoms with Crippen LogP contribution in [0.25, 0.3) is 5.69 Å². The van der Waals surface area contributed by atoms with Gasteiger partial charge in [-0.25, -0.2) is 4.68 Å². The monoisotopic (exact) mass is 371 g/mol. The summed E-state index contributed by atoms with van der Waals surface area (Å²) in [6, 6.07) is 11.1. The SMILES string of the molecule is CC(Cc1ccco1)NC(=O)c1cnn(-c2cccc(Cl)c2)c1C(C)C. The smallest absolute Gasteiger partial charge is 0.255 e. The first-order valence-electron chi connectivity index (χ1n) is 8.62. The fraction of sp³-hybridized carbons (Fsp3) is 0.300. The minimum absolute atomic E-state index is 0.0526. The van der Waals surface area contributed by atoms with E-state index < -0.39 is 0 Å². The van der Waals surface area contributed by atoms with E-state index in [9.17, 15) is 4.79 Å². The molecule has 0 saturated carbocycles. The second kappa shape index (κ2) is 7.79. The van der Waals surface area contributed by atoms with Crippen molar-refractivity contribution in [2.24, 2.45) is 0 Å². The highest BCUT2D eigenvalue weighted by Crippen LogP contribution is 2.24. The number of halogens is 1. The molecule has 0 spiro atoms. The number of benzene rings is 1. The van der Waals surface area contributed by atoms with Gasteiger partial charge in [0.1, 0.15) is 5.76 Å². The van der Waals surface area contributed by atoms with Crippen LogP contribution in [0.1, 0.15) is 48.5 Å². The summed E-state index contributed by atoms with van der Waals surface area (Å²) in [6.45, 7) is 6.04. The summed E-state index contributed by atoms with van der Waals surface area (Å²) in [5.41, 5.74) is 2.27. The van der Waals surface area contributed by atoms with Gasteiger partial charge in [-0.1, -0.05) is 31.5 Å². The molecule has 1 aromatic carbocycles. The Balaban J connectivity index is 1.84. The van der Waals surface area contributed by atoms with Crippen molar-refractivity contribution in [3.05, 3.63) is 70.9 Å². The van der Waals surface area contributed by atoms with Crippen molar-refractivity contribution in [1.29, 1.82) is 0 Å². The van der Waals surface area contributed by atoms with Gasteiger partial charge in [-0.05, 0) is 43.2 Å². The molecular weight excluding hydrogens is 350 g/mol. The van der Waals surface area contributed by atoms with Gasteiger partial charge in [0.05, 0.1) is 29.4 Å². The third-order valence-electron chi connectivity index (χ3n) is 4.12. The van der Waals surface area contributed by atoms with Crippen molar-refractivity contribution in [3.63, 3.8) is 0 Å². The molecule has 26 heavy (non-hydrogen) atoms. The molecule has 1 atom stereocenters. The van der Waals surface area contributed by atoms with Crippen LogP contribution in [-0.2, 0) is 6.42 Å². The standard InChI is InChI=1S/C20H22ClN3O2/c1-13(2)19-18(12-22-24(19)16-7-4-6-15(21)11-16)20(25)23-14(3)10-17-8-5-9-26-17/h4-9,11-14H,10H2,1-3H3,(H,23,25). The number of hydrogen-bond donors (Lipinski definition) is 1. The molecule has 6 heteroatoms. The molecule has 0 aliphatic rings. The molecule has 1 N–H and O–H groups in total. The molecule has 136 valence electrons. The first-order valence-corrected chi connectivity index (χ1v) is 9.00. The van der Waals surface area contributed by atoms with Crippen molar-refractivity contribution in [2.75, 3.05) is 0 Å². The van der Waals surface area contributed by atoms with Crippen molar-refractivity contribution in [3.8, 4) is 5.69 Å². The lowest BCUT2D eigenvalue weighted by Gasteiger charge is -2.15. The zero-order chi connectivity index (χ0) is 18.7. The van der Waals surface area contributed by atoms with Crippen LogP contribution in [-0.4, -0.2) is 21.7 Å². The molecule has 3 aromatic rings. The van der Waals surface area contributed by atoms with Crippen molar-refractivity contribution in [1.82, 2.24) is 15.1 Å². The number of carbonyl (C=O) groups is 1. The molecule has 0 aliphatic heterocycles. The first-order chi connectivity index (χ1) is 12.5. The lowest BCUT2D eigenvalue weighted by atomic mass is 10.0.